The van der Waals surface area contributed by atoms with Crippen molar-refractivity contribution in [1.29, 1.82) is 0 Å². The van der Waals surface area contributed by atoms with Crippen molar-refractivity contribution in [3.8, 4) is 5.75 Å². The van der Waals surface area contributed by atoms with Crippen LogP contribution in [0.15, 0.2) is 59.7 Å². The highest BCUT2D eigenvalue weighted by Crippen LogP contribution is 2.34. The molecule has 4 rings (SSSR count). The van der Waals surface area contributed by atoms with Gasteiger partial charge in [0.25, 0.3) is 11.8 Å². The van der Waals surface area contributed by atoms with Gasteiger partial charge in [-0.15, -0.1) is 0 Å². The van der Waals surface area contributed by atoms with Crippen LogP contribution in [0.1, 0.15) is 49.7 Å². The van der Waals surface area contributed by atoms with E-state index in [2.05, 4.69) is 15.5 Å². The molecule has 1 fully saturated rings. The van der Waals surface area contributed by atoms with E-state index < -0.39 is 42.2 Å². The Hall–Kier alpha value is -4.03. The zero-order chi connectivity index (χ0) is 29.0. The lowest BCUT2D eigenvalue weighted by atomic mass is 10.1. The first-order valence-corrected chi connectivity index (χ1v) is 13.0. The average Bonchev–Trinajstić information content (AvgIpc) is 2.97. The molecular weight excluding hydrogens is 521 g/mol. The van der Waals surface area contributed by atoms with E-state index in [4.69, 9.17) is 14.3 Å². The molecular formula is C28H34FN5O6. The Morgan fingerprint density at radius 2 is 2.08 bits per heavy atom. The van der Waals surface area contributed by atoms with Crippen LogP contribution in [0.4, 0.5) is 4.39 Å². The van der Waals surface area contributed by atoms with Crippen LogP contribution in [-0.2, 0) is 14.4 Å². The van der Waals surface area contributed by atoms with Crippen molar-refractivity contribution in [2.45, 2.75) is 58.4 Å². The first-order chi connectivity index (χ1) is 19.1. The molecule has 0 radical (unpaired) electrons. The molecule has 2 N–H and O–H groups in total. The number of methoxy groups -OCH3 is 1. The van der Waals surface area contributed by atoms with Gasteiger partial charge in [0.2, 0.25) is 6.35 Å². The van der Waals surface area contributed by atoms with Gasteiger partial charge in [-0.25, -0.2) is 4.39 Å². The Kier molecular flexibility index (Phi) is 9.00. The molecule has 1 aromatic carbocycles. The van der Waals surface area contributed by atoms with Crippen molar-refractivity contribution in [2.24, 2.45) is 5.16 Å². The third-order valence-corrected chi connectivity index (χ3v) is 6.65. The van der Waals surface area contributed by atoms with Crippen LogP contribution < -0.4 is 10.1 Å². The van der Waals surface area contributed by atoms with Crippen LogP contribution in [0.3, 0.4) is 0 Å². The molecule has 0 saturated carbocycles. The normalized spacial score (nSPS) is 23.6. The molecule has 2 bridgehead atoms. The molecule has 2 aliphatic heterocycles. The van der Waals surface area contributed by atoms with Crippen LogP contribution in [0.5, 0.6) is 5.75 Å². The molecule has 12 heteroatoms. The van der Waals surface area contributed by atoms with E-state index >= 15 is 0 Å². The lowest BCUT2D eigenvalue weighted by Gasteiger charge is -2.41. The number of rotatable bonds is 7. The Bertz CT molecular complexity index is 1290. The van der Waals surface area contributed by atoms with Gasteiger partial charge in [0.15, 0.2) is 0 Å². The maximum absolute atomic E-state index is 14.4. The summed E-state index contributed by atoms with van der Waals surface area (Å²) in [5.41, 5.74) is 1.24. The van der Waals surface area contributed by atoms with Gasteiger partial charge in [-0.05, 0) is 58.0 Å². The summed E-state index contributed by atoms with van der Waals surface area (Å²) < 4.78 is 26.3. The summed E-state index contributed by atoms with van der Waals surface area (Å²) in [6, 6.07) is 6.57. The number of halogens is 1. The predicted octanol–water partition coefficient (Wildman–Crippen LogP) is 2.59. The zero-order valence-corrected chi connectivity index (χ0v) is 23.1. The smallest absolute Gasteiger partial charge is 0.260 e. The van der Waals surface area contributed by atoms with Crippen molar-refractivity contribution in [3.05, 3.63) is 71.4 Å². The van der Waals surface area contributed by atoms with Crippen LogP contribution in [0, 0.1) is 5.82 Å². The molecule has 11 nitrogen and oxygen atoms in total. The number of hydrogen-bond donors (Lipinski definition) is 2. The highest BCUT2D eigenvalue weighted by atomic mass is 19.1. The molecule has 3 heterocycles. The molecule has 1 saturated heterocycles. The number of carbonyl (C=O) groups excluding carboxylic acids is 2. The van der Waals surface area contributed by atoms with E-state index in [-0.39, 0.29) is 24.8 Å². The van der Waals surface area contributed by atoms with Crippen LogP contribution in [-0.4, -0.2) is 82.2 Å². The van der Waals surface area contributed by atoms with Gasteiger partial charge >= 0.3 is 0 Å². The number of ether oxygens (including phenoxy) is 2. The van der Waals surface area contributed by atoms with Gasteiger partial charge in [0.05, 0.1) is 42.6 Å². The standard InChI is InChI=1S/C28H34FN5O6/c1-16(2)40-32-17(3)22-13-33-15-25(21-11-20(29)8-9-24(21)38-5)39-18(4)23(14-34(27(22)36)28(33)37)31-26(35)19-7-6-10-30-12-19/h6-13,16,18,23,25,28,37H,14-15H2,1-5H3,(H,31,35)/b32-17+/t18?,23-,25?,28?/m1/s1. The average molecular weight is 556 g/mol. The number of nitrogens with zero attached hydrogens (tertiary/aromatic N) is 4. The van der Waals surface area contributed by atoms with Crippen molar-refractivity contribution < 1.29 is 33.4 Å². The number of aromatic nitrogens is 1. The Labute approximate surface area is 232 Å². The summed E-state index contributed by atoms with van der Waals surface area (Å²) in [6.45, 7) is 6.93. The largest absolute Gasteiger partial charge is 0.496 e. The summed E-state index contributed by atoms with van der Waals surface area (Å²) in [6.07, 6.45) is 1.37. The lowest BCUT2D eigenvalue weighted by Crippen LogP contribution is -2.58. The van der Waals surface area contributed by atoms with E-state index in [0.717, 1.165) is 0 Å². The molecule has 2 aliphatic rings. The van der Waals surface area contributed by atoms with Gasteiger partial charge in [0, 0.05) is 30.7 Å². The van der Waals surface area contributed by atoms with E-state index in [1.165, 1.54) is 47.5 Å². The molecule has 40 heavy (non-hydrogen) atoms. The maximum atomic E-state index is 14.4. The quantitative estimate of drug-likeness (QED) is 0.395. The van der Waals surface area contributed by atoms with Gasteiger partial charge < -0.3 is 29.6 Å². The number of aliphatic hydroxyl groups excluding tert-OH is 1. The fourth-order valence-electron chi connectivity index (χ4n) is 4.52. The summed E-state index contributed by atoms with van der Waals surface area (Å²) in [5, 5.41) is 18.3. The number of fused-ring (bicyclic) bond motifs is 2. The van der Waals surface area contributed by atoms with Gasteiger partial charge in [0.1, 0.15) is 23.8 Å². The van der Waals surface area contributed by atoms with Crippen molar-refractivity contribution >= 4 is 17.5 Å². The third-order valence-electron chi connectivity index (χ3n) is 6.65. The predicted molar refractivity (Wildman–Crippen MR) is 144 cm³/mol. The fourth-order valence-corrected chi connectivity index (χ4v) is 4.52. The summed E-state index contributed by atoms with van der Waals surface area (Å²) in [4.78, 5) is 38.8. The Balaban J connectivity index is 1.77. The summed E-state index contributed by atoms with van der Waals surface area (Å²) >= 11 is 0. The Morgan fingerprint density at radius 3 is 2.75 bits per heavy atom. The van der Waals surface area contributed by atoms with Crippen LogP contribution in [0.25, 0.3) is 0 Å². The number of nitrogens with one attached hydrogen (secondary N) is 1. The van der Waals surface area contributed by atoms with Crippen LogP contribution >= 0.6 is 0 Å². The fraction of sp³-hybridized carbons (Fsp3) is 0.429. The van der Waals surface area contributed by atoms with E-state index in [1.54, 1.807) is 32.2 Å². The second kappa shape index (κ2) is 12.4. The molecule has 0 spiro atoms. The molecule has 1 aromatic heterocycles. The SMILES string of the molecule is COc1ccc(F)cc1C1CN2C=C(/C(C)=N/OC(C)C)C(=O)N(C[C@@H](NC(=O)c3cccnc3)C(C)O1)C2O. The molecule has 2 aromatic rings. The number of oxime groups is 1. The monoisotopic (exact) mass is 555 g/mol. The van der Waals surface area contributed by atoms with Gasteiger partial charge in [-0.3, -0.25) is 19.5 Å². The maximum Gasteiger partial charge on any atom is 0.260 e. The van der Waals surface area contributed by atoms with E-state index in [9.17, 15) is 19.1 Å². The summed E-state index contributed by atoms with van der Waals surface area (Å²) in [7, 11) is 1.47. The van der Waals surface area contributed by atoms with Crippen LogP contribution in [0.2, 0.25) is 0 Å². The number of hydrogen-bond acceptors (Lipinski definition) is 9. The molecule has 4 atom stereocenters. The first kappa shape index (κ1) is 29.0. The van der Waals surface area contributed by atoms with Crippen molar-refractivity contribution in [3.63, 3.8) is 0 Å². The van der Waals surface area contributed by atoms with Crippen molar-refractivity contribution in [2.75, 3.05) is 20.2 Å². The second-order valence-corrected chi connectivity index (χ2v) is 9.91. The highest BCUT2D eigenvalue weighted by Gasteiger charge is 2.41. The first-order valence-electron chi connectivity index (χ1n) is 13.0. The zero-order valence-electron chi connectivity index (χ0n) is 23.1. The van der Waals surface area contributed by atoms with E-state index in [1.807, 2.05) is 13.8 Å². The Morgan fingerprint density at radius 1 is 1.30 bits per heavy atom. The van der Waals surface area contributed by atoms with Gasteiger partial charge in [-0.2, -0.15) is 0 Å². The molecule has 3 unspecified atom stereocenters. The number of aliphatic hydroxyl groups is 1. The minimum atomic E-state index is -1.40. The number of benzene rings is 1. The van der Waals surface area contributed by atoms with E-state index in [0.29, 0.717) is 22.6 Å². The minimum Gasteiger partial charge on any atom is -0.496 e. The molecule has 214 valence electrons. The number of pyridine rings is 1. The topological polar surface area (TPSA) is 126 Å². The summed E-state index contributed by atoms with van der Waals surface area (Å²) in [5.74, 6) is -1.02. The van der Waals surface area contributed by atoms with Crippen molar-refractivity contribution in [1.82, 2.24) is 20.1 Å². The molecule has 0 aliphatic carbocycles. The lowest BCUT2D eigenvalue weighted by molar-refractivity contribution is -0.154. The highest BCUT2D eigenvalue weighted by molar-refractivity contribution is 6.20. The molecule has 2 amide bonds. The number of amides is 2. The second-order valence-electron chi connectivity index (χ2n) is 9.91. The third kappa shape index (κ3) is 6.40. The van der Waals surface area contributed by atoms with Gasteiger partial charge in [-0.1, -0.05) is 5.16 Å². The number of carbonyl (C=O) groups is 2. The minimum absolute atomic E-state index is 0.0280.